The molecule has 4 rings (SSSR count). The number of imide groups is 1. The molecular formula is C22H16N4O7S. The zero-order valence-electron chi connectivity index (χ0n) is 17.9. The van der Waals surface area contributed by atoms with E-state index in [-0.39, 0.29) is 21.8 Å². The number of aryl methyl sites for hydroxylation is 1. The molecule has 34 heavy (non-hydrogen) atoms. The van der Waals surface area contributed by atoms with Gasteiger partial charge in [0.25, 0.3) is 17.7 Å². The molecule has 0 saturated carbocycles. The van der Waals surface area contributed by atoms with E-state index in [4.69, 9.17) is 4.74 Å². The highest BCUT2D eigenvalue weighted by molar-refractivity contribution is 7.15. The van der Waals surface area contributed by atoms with E-state index in [0.717, 1.165) is 16.2 Å². The number of methoxy groups -OCH3 is 1. The SMILES string of the molecule is COC(=O)c1ccc(NC(=O)COC(=O)c2ccc3c(c2)C(=O)N(c2nnc(C)s2)C3=O)cc1. The minimum atomic E-state index is -0.843. The first-order chi connectivity index (χ1) is 16.3. The highest BCUT2D eigenvalue weighted by atomic mass is 32.1. The van der Waals surface area contributed by atoms with Gasteiger partial charge in [0.2, 0.25) is 5.13 Å². The maximum Gasteiger partial charge on any atom is 0.338 e. The summed E-state index contributed by atoms with van der Waals surface area (Å²) < 4.78 is 9.63. The van der Waals surface area contributed by atoms with Crippen molar-refractivity contribution in [3.05, 3.63) is 69.7 Å². The first-order valence-corrected chi connectivity index (χ1v) is 10.6. The van der Waals surface area contributed by atoms with Crippen molar-refractivity contribution in [1.82, 2.24) is 10.2 Å². The number of esters is 2. The van der Waals surface area contributed by atoms with E-state index in [0.29, 0.717) is 16.3 Å². The van der Waals surface area contributed by atoms with Gasteiger partial charge in [-0.25, -0.2) is 14.5 Å². The summed E-state index contributed by atoms with van der Waals surface area (Å²) >= 11 is 1.09. The fourth-order valence-electron chi connectivity index (χ4n) is 3.14. The number of nitrogens with one attached hydrogen (secondary N) is 1. The van der Waals surface area contributed by atoms with E-state index in [1.54, 1.807) is 6.92 Å². The summed E-state index contributed by atoms with van der Waals surface area (Å²) in [7, 11) is 1.26. The average Bonchev–Trinajstić information content (AvgIpc) is 3.37. The summed E-state index contributed by atoms with van der Waals surface area (Å²) in [4.78, 5) is 62.2. The Kier molecular flexibility index (Phi) is 6.15. The fraction of sp³-hybridized carbons (Fsp3) is 0.136. The van der Waals surface area contributed by atoms with Gasteiger partial charge >= 0.3 is 11.9 Å². The number of amides is 3. The molecule has 172 valence electrons. The van der Waals surface area contributed by atoms with Crippen LogP contribution in [0.2, 0.25) is 0 Å². The third-order valence-corrected chi connectivity index (χ3v) is 5.58. The Morgan fingerprint density at radius 3 is 2.26 bits per heavy atom. The van der Waals surface area contributed by atoms with Crippen LogP contribution in [0.3, 0.4) is 0 Å². The van der Waals surface area contributed by atoms with Gasteiger partial charge in [-0.05, 0) is 49.4 Å². The van der Waals surface area contributed by atoms with Gasteiger partial charge in [-0.15, -0.1) is 10.2 Å². The van der Waals surface area contributed by atoms with E-state index in [1.807, 2.05) is 0 Å². The Bertz CT molecular complexity index is 1330. The van der Waals surface area contributed by atoms with Crippen molar-refractivity contribution in [1.29, 1.82) is 0 Å². The van der Waals surface area contributed by atoms with Gasteiger partial charge in [0.1, 0.15) is 5.01 Å². The number of fused-ring (bicyclic) bond motifs is 1. The zero-order chi connectivity index (χ0) is 24.4. The van der Waals surface area contributed by atoms with Crippen LogP contribution in [0.25, 0.3) is 0 Å². The van der Waals surface area contributed by atoms with Crippen LogP contribution in [0, 0.1) is 6.92 Å². The van der Waals surface area contributed by atoms with Gasteiger partial charge in [0.15, 0.2) is 6.61 Å². The summed E-state index contributed by atoms with van der Waals surface area (Å²) in [5.74, 6) is -3.15. The number of ether oxygens (including phenoxy) is 2. The Hall–Kier alpha value is -4.45. The first kappa shape index (κ1) is 22.7. The van der Waals surface area contributed by atoms with Gasteiger partial charge in [-0.1, -0.05) is 11.3 Å². The van der Waals surface area contributed by atoms with Gasteiger partial charge in [0, 0.05) is 5.69 Å². The third-order valence-electron chi connectivity index (χ3n) is 4.75. The monoisotopic (exact) mass is 480 g/mol. The standard InChI is InChI=1S/C22H16N4O7S/c1-11-24-25-22(34-11)26-18(28)15-8-5-13(9-16(15)19(26)29)21(31)33-10-17(27)23-14-6-3-12(4-7-14)20(30)32-2/h3-9H,10H2,1-2H3,(H,23,27). The van der Waals surface area contributed by atoms with Gasteiger partial charge in [-0.2, -0.15) is 0 Å². The smallest absolute Gasteiger partial charge is 0.338 e. The van der Waals surface area contributed by atoms with Gasteiger partial charge < -0.3 is 14.8 Å². The molecule has 1 aliphatic rings. The maximum atomic E-state index is 12.7. The molecule has 3 amide bonds. The van der Waals surface area contributed by atoms with Crippen molar-refractivity contribution in [2.45, 2.75) is 6.92 Å². The first-order valence-electron chi connectivity index (χ1n) is 9.77. The van der Waals surface area contributed by atoms with Crippen LogP contribution in [-0.2, 0) is 14.3 Å². The Morgan fingerprint density at radius 2 is 1.62 bits per heavy atom. The Balaban J connectivity index is 1.39. The minimum Gasteiger partial charge on any atom is -0.465 e. The molecule has 1 N–H and O–H groups in total. The van der Waals surface area contributed by atoms with E-state index in [1.165, 1.54) is 49.6 Å². The number of benzene rings is 2. The number of aromatic nitrogens is 2. The second kappa shape index (κ2) is 9.19. The number of hydrogen-bond acceptors (Lipinski definition) is 10. The van der Waals surface area contributed by atoms with Crippen LogP contribution < -0.4 is 10.2 Å². The highest BCUT2D eigenvalue weighted by Gasteiger charge is 2.39. The molecule has 3 aromatic rings. The normalized spacial score (nSPS) is 12.4. The summed E-state index contributed by atoms with van der Waals surface area (Å²) in [5, 5.41) is 10.9. The van der Waals surface area contributed by atoms with E-state index < -0.39 is 36.3 Å². The van der Waals surface area contributed by atoms with Crippen LogP contribution in [0.1, 0.15) is 46.4 Å². The lowest BCUT2D eigenvalue weighted by Gasteiger charge is -2.08. The predicted molar refractivity (Wildman–Crippen MR) is 119 cm³/mol. The molecule has 0 spiro atoms. The lowest BCUT2D eigenvalue weighted by molar-refractivity contribution is -0.119. The molecule has 2 aromatic carbocycles. The lowest BCUT2D eigenvalue weighted by atomic mass is 10.1. The summed E-state index contributed by atoms with van der Waals surface area (Å²) in [6.07, 6.45) is 0. The van der Waals surface area contributed by atoms with Crippen molar-refractivity contribution in [3.8, 4) is 0 Å². The fourth-order valence-corrected chi connectivity index (χ4v) is 3.82. The van der Waals surface area contributed by atoms with Crippen molar-refractivity contribution >= 4 is 51.8 Å². The average molecular weight is 480 g/mol. The van der Waals surface area contributed by atoms with E-state index in [2.05, 4.69) is 20.3 Å². The molecule has 12 heteroatoms. The molecule has 1 aromatic heterocycles. The Morgan fingerprint density at radius 1 is 0.941 bits per heavy atom. The van der Waals surface area contributed by atoms with Crippen molar-refractivity contribution < 1.29 is 33.4 Å². The number of carbonyl (C=O) groups is 5. The van der Waals surface area contributed by atoms with Crippen molar-refractivity contribution in [3.63, 3.8) is 0 Å². The van der Waals surface area contributed by atoms with Crippen molar-refractivity contribution in [2.75, 3.05) is 23.9 Å². The van der Waals surface area contributed by atoms with Crippen LogP contribution in [0.5, 0.6) is 0 Å². The van der Waals surface area contributed by atoms with Crippen LogP contribution >= 0.6 is 11.3 Å². The summed E-state index contributed by atoms with van der Waals surface area (Å²) in [6.45, 7) is 1.11. The summed E-state index contributed by atoms with van der Waals surface area (Å²) in [5.41, 5.74) is 0.870. The largest absolute Gasteiger partial charge is 0.465 e. The van der Waals surface area contributed by atoms with Crippen LogP contribution in [-0.4, -0.2) is 53.6 Å². The van der Waals surface area contributed by atoms with Gasteiger partial charge in [0.05, 0.1) is 29.4 Å². The minimum absolute atomic E-state index is 0.00502. The third kappa shape index (κ3) is 4.38. The molecule has 11 nitrogen and oxygen atoms in total. The lowest BCUT2D eigenvalue weighted by Crippen LogP contribution is -2.29. The van der Waals surface area contributed by atoms with Gasteiger partial charge in [-0.3, -0.25) is 14.4 Å². The van der Waals surface area contributed by atoms with E-state index in [9.17, 15) is 24.0 Å². The zero-order valence-corrected chi connectivity index (χ0v) is 18.7. The molecule has 0 radical (unpaired) electrons. The topological polar surface area (TPSA) is 145 Å². The number of carbonyl (C=O) groups excluding carboxylic acids is 5. The second-order valence-corrected chi connectivity index (χ2v) is 8.16. The molecule has 0 saturated heterocycles. The highest BCUT2D eigenvalue weighted by Crippen LogP contribution is 2.31. The molecule has 0 atom stereocenters. The number of rotatable bonds is 6. The predicted octanol–water partition coefficient (Wildman–Crippen LogP) is 2.23. The Labute approximate surface area is 196 Å². The molecule has 0 bridgehead atoms. The molecular weight excluding hydrogens is 464 g/mol. The van der Waals surface area contributed by atoms with Crippen molar-refractivity contribution in [2.24, 2.45) is 0 Å². The number of nitrogens with zero attached hydrogens (tertiary/aromatic N) is 3. The number of hydrogen-bond donors (Lipinski definition) is 1. The van der Waals surface area contributed by atoms with Crippen LogP contribution in [0.15, 0.2) is 42.5 Å². The maximum absolute atomic E-state index is 12.7. The molecule has 0 unspecified atom stereocenters. The quantitative estimate of drug-likeness (QED) is 0.415. The summed E-state index contributed by atoms with van der Waals surface area (Å²) in [6, 6.07) is 9.88. The molecule has 2 heterocycles. The molecule has 0 aliphatic carbocycles. The second-order valence-electron chi connectivity index (χ2n) is 7.00. The molecule has 0 fully saturated rings. The molecule has 1 aliphatic heterocycles. The van der Waals surface area contributed by atoms with E-state index >= 15 is 0 Å². The van der Waals surface area contributed by atoms with Crippen LogP contribution in [0.4, 0.5) is 10.8 Å². The number of anilines is 2.